The first-order chi connectivity index (χ1) is 15.9. The van der Waals surface area contributed by atoms with Crippen LogP contribution in [0.5, 0.6) is 5.75 Å². The third-order valence-corrected chi connectivity index (χ3v) is 5.68. The smallest absolute Gasteiger partial charge is 0.416 e. The highest BCUT2D eigenvalue weighted by atomic mass is 19.4. The van der Waals surface area contributed by atoms with Crippen molar-refractivity contribution in [2.75, 3.05) is 31.6 Å². The van der Waals surface area contributed by atoms with Gasteiger partial charge in [-0.05, 0) is 35.9 Å². The molecule has 2 aliphatic heterocycles. The standard InChI is InChI=1S/C22H19F6N3O3/c23-21(24,25)15-4-1-13(2-5-15)10-30-7-8-31(11-18(30)22(26,27)28)20(33)14-3-6-17-16(9-14)29-19(32)12-34-17/h1-6,9,18H,7-8,10-12H2,(H,29,32). The van der Waals surface area contributed by atoms with Gasteiger partial charge in [0.2, 0.25) is 0 Å². The summed E-state index contributed by atoms with van der Waals surface area (Å²) in [7, 11) is 0. The second kappa shape index (κ2) is 8.82. The Kier molecular flexibility index (Phi) is 6.19. The zero-order valence-corrected chi connectivity index (χ0v) is 17.5. The molecule has 12 heteroatoms. The number of halogens is 6. The van der Waals surface area contributed by atoms with Gasteiger partial charge in [-0.25, -0.2) is 0 Å². The SMILES string of the molecule is O=C1COc2ccc(C(=O)N3CCN(Cc4ccc(C(F)(F)F)cc4)C(C(F)(F)F)C3)cc2N1. The number of hydrogen-bond donors (Lipinski definition) is 1. The van der Waals surface area contributed by atoms with E-state index in [2.05, 4.69) is 5.32 Å². The first kappa shape index (κ1) is 23.9. The second-order valence-electron chi connectivity index (χ2n) is 8.02. The number of carbonyl (C=O) groups is 2. The zero-order chi connectivity index (χ0) is 24.7. The van der Waals surface area contributed by atoms with E-state index in [1.54, 1.807) is 0 Å². The van der Waals surface area contributed by atoms with Gasteiger partial charge in [0.1, 0.15) is 11.8 Å². The molecule has 2 aliphatic rings. The van der Waals surface area contributed by atoms with E-state index in [1.807, 2.05) is 0 Å². The molecule has 0 aliphatic carbocycles. The van der Waals surface area contributed by atoms with Gasteiger partial charge in [-0.15, -0.1) is 0 Å². The van der Waals surface area contributed by atoms with Crippen molar-refractivity contribution < 1.29 is 40.7 Å². The number of carbonyl (C=O) groups excluding carboxylic acids is 2. The van der Waals surface area contributed by atoms with Crippen molar-refractivity contribution in [3.8, 4) is 5.75 Å². The van der Waals surface area contributed by atoms with Gasteiger partial charge < -0.3 is 15.0 Å². The Balaban J connectivity index is 1.49. The minimum atomic E-state index is -4.66. The van der Waals surface area contributed by atoms with Crippen LogP contribution in [-0.2, 0) is 17.5 Å². The third-order valence-electron chi connectivity index (χ3n) is 5.68. The lowest BCUT2D eigenvalue weighted by molar-refractivity contribution is -0.195. The summed E-state index contributed by atoms with van der Waals surface area (Å²) >= 11 is 0. The van der Waals surface area contributed by atoms with Gasteiger partial charge in [0.15, 0.2) is 6.61 Å². The molecular formula is C22H19F6N3O3. The van der Waals surface area contributed by atoms with E-state index in [-0.39, 0.29) is 37.5 Å². The molecule has 0 radical (unpaired) electrons. The molecule has 34 heavy (non-hydrogen) atoms. The highest BCUT2D eigenvalue weighted by Crippen LogP contribution is 2.33. The van der Waals surface area contributed by atoms with Crippen LogP contribution in [0.2, 0.25) is 0 Å². The predicted octanol–water partition coefficient (Wildman–Crippen LogP) is 3.93. The molecule has 1 N–H and O–H groups in total. The second-order valence-corrected chi connectivity index (χ2v) is 8.02. The number of nitrogens with one attached hydrogen (secondary N) is 1. The quantitative estimate of drug-likeness (QED) is 0.667. The Labute approximate surface area is 190 Å². The van der Waals surface area contributed by atoms with Crippen molar-refractivity contribution in [2.24, 2.45) is 0 Å². The first-order valence-corrected chi connectivity index (χ1v) is 10.2. The first-order valence-electron chi connectivity index (χ1n) is 10.2. The number of anilines is 1. The fourth-order valence-corrected chi connectivity index (χ4v) is 3.94. The molecule has 0 saturated carbocycles. The maximum atomic E-state index is 13.8. The van der Waals surface area contributed by atoms with E-state index >= 15 is 0 Å². The van der Waals surface area contributed by atoms with Gasteiger partial charge in [-0.2, -0.15) is 26.3 Å². The number of amides is 2. The van der Waals surface area contributed by atoms with Crippen LogP contribution in [0.1, 0.15) is 21.5 Å². The van der Waals surface area contributed by atoms with Crippen LogP contribution in [0.3, 0.4) is 0 Å². The Morgan fingerprint density at radius 2 is 1.74 bits per heavy atom. The molecule has 1 saturated heterocycles. The zero-order valence-electron chi connectivity index (χ0n) is 17.5. The van der Waals surface area contributed by atoms with E-state index in [4.69, 9.17) is 4.74 Å². The molecule has 2 amide bonds. The number of alkyl halides is 6. The van der Waals surface area contributed by atoms with Crippen LogP contribution in [-0.4, -0.2) is 60.1 Å². The molecule has 0 aromatic heterocycles. The summed E-state index contributed by atoms with van der Waals surface area (Å²) in [6.07, 6.45) is -9.20. The summed E-state index contributed by atoms with van der Waals surface area (Å²) in [5.74, 6) is -0.692. The molecule has 2 aromatic rings. The van der Waals surface area contributed by atoms with E-state index < -0.39 is 42.3 Å². The molecular weight excluding hydrogens is 468 g/mol. The van der Waals surface area contributed by atoms with Crippen molar-refractivity contribution in [3.05, 3.63) is 59.2 Å². The van der Waals surface area contributed by atoms with Crippen molar-refractivity contribution in [1.82, 2.24) is 9.80 Å². The van der Waals surface area contributed by atoms with Crippen LogP contribution in [0.15, 0.2) is 42.5 Å². The summed E-state index contributed by atoms with van der Waals surface area (Å²) in [4.78, 5) is 26.6. The number of hydrogen-bond acceptors (Lipinski definition) is 4. The molecule has 4 rings (SSSR count). The van der Waals surface area contributed by atoms with Gasteiger partial charge >= 0.3 is 12.4 Å². The number of fused-ring (bicyclic) bond motifs is 1. The number of piperazine rings is 1. The fraction of sp³-hybridized carbons (Fsp3) is 0.364. The van der Waals surface area contributed by atoms with E-state index in [0.29, 0.717) is 11.3 Å². The van der Waals surface area contributed by atoms with Crippen LogP contribution in [0.25, 0.3) is 0 Å². The molecule has 1 atom stereocenters. The molecule has 0 spiro atoms. The summed E-state index contributed by atoms with van der Waals surface area (Å²) in [5.41, 5.74) is -0.227. The molecule has 182 valence electrons. The maximum absolute atomic E-state index is 13.8. The Bertz CT molecular complexity index is 1080. The summed E-state index contributed by atoms with van der Waals surface area (Å²) < 4.78 is 84.9. The molecule has 1 fully saturated rings. The Morgan fingerprint density at radius 1 is 1.03 bits per heavy atom. The number of nitrogens with zero attached hydrogens (tertiary/aromatic N) is 2. The molecule has 2 aromatic carbocycles. The largest absolute Gasteiger partial charge is 0.482 e. The Hall–Kier alpha value is -3.28. The average Bonchev–Trinajstić information content (AvgIpc) is 2.77. The molecule has 1 unspecified atom stereocenters. The monoisotopic (exact) mass is 487 g/mol. The normalized spacial score (nSPS) is 19.3. The minimum Gasteiger partial charge on any atom is -0.482 e. The fourth-order valence-electron chi connectivity index (χ4n) is 3.94. The minimum absolute atomic E-state index is 0.00794. The van der Waals surface area contributed by atoms with Gasteiger partial charge in [0.25, 0.3) is 11.8 Å². The van der Waals surface area contributed by atoms with Crippen molar-refractivity contribution in [1.29, 1.82) is 0 Å². The molecule has 0 bridgehead atoms. The summed E-state index contributed by atoms with van der Waals surface area (Å²) in [6, 6.07) is 6.19. The topological polar surface area (TPSA) is 61.9 Å². The number of rotatable bonds is 3. The van der Waals surface area contributed by atoms with Crippen LogP contribution >= 0.6 is 0 Å². The van der Waals surface area contributed by atoms with Gasteiger partial charge in [-0.1, -0.05) is 12.1 Å². The van der Waals surface area contributed by atoms with E-state index in [0.717, 1.165) is 34.1 Å². The van der Waals surface area contributed by atoms with Gasteiger partial charge in [0.05, 0.1) is 11.3 Å². The van der Waals surface area contributed by atoms with Crippen LogP contribution in [0, 0.1) is 0 Å². The highest BCUT2D eigenvalue weighted by Gasteiger charge is 2.47. The van der Waals surface area contributed by atoms with Crippen LogP contribution in [0.4, 0.5) is 32.0 Å². The van der Waals surface area contributed by atoms with Gasteiger partial charge in [-0.3, -0.25) is 14.5 Å². The predicted molar refractivity (Wildman–Crippen MR) is 108 cm³/mol. The van der Waals surface area contributed by atoms with Crippen LogP contribution < -0.4 is 10.1 Å². The van der Waals surface area contributed by atoms with Crippen molar-refractivity contribution in [3.63, 3.8) is 0 Å². The van der Waals surface area contributed by atoms with E-state index in [9.17, 15) is 35.9 Å². The lowest BCUT2D eigenvalue weighted by Gasteiger charge is -2.42. The Morgan fingerprint density at radius 3 is 2.38 bits per heavy atom. The lowest BCUT2D eigenvalue weighted by Crippen LogP contribution is -2.59. The highest BCUT2D eigenvalue weighted by molar-refractivity contribution is 5.99. The van der Waals surface area contributed by atoms with Gasteiger partial charge in [0, 0.05) is 31.7 Å². The number of benzene rings is 2. The summed E-state index contributed by atoms with van der Waals surface area (Å²) in [5, 5.41) is 2.55. The van der Waals surface area contributed by atoms with Crippen molar-refractivity contribution >= 4 is 17.5 Å². The maximum Gasteiger partial charge on any atom is 0.416 e. The average molecular weight is 487 g/mol. The number of ether oxygens (including phenoxy) is 1. The third kappa shape index (κ3) is 5.11. The summed E-state index contributed by atoms with van der Waals surface area (Å²) in [6.45, 7) is -1.16. The molecule has 6 nitrogen and oxygen atoms in total. The van der Waals surface area contributed by atoms with E-state index in [1.165, 1.54) is 18.2 Å². The molecule has 2 heterocycles. The lowest BCUT2D eigenvalue weighted by atomic mass is 10.1. The van der Waals surface area contributed by atoms with Crippen molar-refractivity contribution in [2.45, 2.75) is 24.9 Å².